The molecule has 2 aliphatic rings. The van der Waals surface area contributed by atoms with Crippen molar-refractivity contribution >= 4 is 0 Å². The molecule has 1 N–H and O–H groups in total. The molecule has 0 saturated carbocycles. The minimum absolute atomic E-state index is 0.234. The van der Waals surface area contributed by atoms with Gasteiger partial charge < -0.3 is 19.3 Å². The molecule has 4 atom stereocenters. The molecular weight excluding hydrogens is 172 g/mol. The maximum Gasteiger partial charge on any atom is 0.184 e. The topological polar surface area (TPSA) is 47.9 Å². The summed E-state index contributed by atoms with van der Waals surface area (Å²) in [6.07, 6.45) is -0.185. The Morgan fingerprint density at radius 1 is 1.31 bits per heavy atom. The number of hydrogen-bond donors (Lipinski definition) is 1. The van der Waals surface area contributed by atoms with Gasteiger partial charge in [0, 0.05) is 0 Å². The summed E-state index contributed by atoms with van der Waals surface area (Å²) in [6.45, 7) is 7.25. The Kier molecular flexibility index (Phi) is 1.96. The smallest absolute Gasteiger partial charge is 0.184 e. The average molecular weight is 186 g/mol. The Balaban J connectivity index is 2.17. The fourth-order valence-electron chi connectivity index (χ4n) is 1.80. The summed E-state index contributed by atoms with van der Waals surface area (Å²) in [5.41, 5.74) is 0. The van der Waals surface area contributed by atoms with Crippen molar-refractivity contribution in [3.8, 4) is 0 Å². The van der Waals surface area contributed by atoms with Crippen LogP contribution in [0.1, 0.15) is 13.8 Å². The maximum absolute atomic E-state index is 9.46. The molecule has 0 amide bonds. The first-order chi connectivity index (χ1) is 6.03. The first-order valence-corrected chi connectivity index (χ1v) is 4.35. The zero-order chi connectivity index (χ0) is 9.64. The standard InChI is InChI=1S/C9H14O4/c1-4-5-6-7(8(10)11-5)13-9(2,3)12-6/h4-8,10H,1H2,2-3H3/t5-,6-,7-,8+/m1/s1. The SMILES string of the molecule is C=C[C@H]1O[C@H](O)[C@@H]2OC(C)(C)O[C@@H]21. The summed E-state index contributed by atoms with van der Waals surface area (Å²) >= 11 is 0. The van der Waals surface area contributed by atoms with Crippen LogP contribution in [0.5, 0.6) is 0 Å². The van der Waals surface area contributed by atoms with Crippen LogP contribution in [0.15, 0.2) is 12.7 Å². The molecule has 0 aromatic heterocycles. The summed E-state index contributed by atoms with van der Waals surface area (Å²) in [4.78, 5) is 0. The van der Waals surface area contributed by atoms with E-state index in [1.165, 1.54) is 0 Å². The number of aliphatic hydroxyl groups excluding tert-OH is 1. The third-order valence-corrected chi connectivity index (χ3v) is 2.30. The van der Waals surface area contributed by atoms with Crippen molar-refractivity contribution in [1.82, 2.24) is 0 Å². The first kappa shape index (κ1) is 9.15. The van der Waals surface area contributed by atoms with Crippen molar-refractivity contribution in [1.29, 1.82) is 0 Å². The Labute approximate surface area is 77.1 Å². The van der Waals surface area contributed by atoms with Crippen molar-refractivity contribution in [3.63, 3.8) is 0 Å². The lowest BCUT2D eigenvalue weighted by molar-refractivity contribution is -0.214. The third-order valence-electron chi connectivity index (χ3n) is 2.30. The Bertz CT molecular complexity index is 226. The minimum atomic E-state index is -0.908. The highest BCUT2D eigenvalue weighted by molar-refractivity contribution is 5.01. The molecule has 2 rings (SSSR count). The molecule has 2 saturated heterocycles. The fourth-order valence-corrected chi connectivity index (χ4v) is 1.80. The van der Waals surface area contributed by atoms with Crippen LogP contribution >= 0.6 is 0 Å². The van der Waals surface area contributed by atoms with Crippen molar-refractivity contribution < 1.29 is 19.3 Å². The third kappa shape index (κ3) is 1.40. The fraction of sp³-hybridized carbons (Fsp3) is 0.778. The van der Waals surface area contributed by atoms with Gasteiger partial charge in [-0.25, -0.2) is 0 Å². The van der Waals surface area contributed by atoms with Gasteiger partial charge in [0.2, 0.25) is 0 Å². The maximum atomic E-state index is 9.46. The van der Waals surface area contributed by atoms with Gasteiger partial charge in [-0.05, 0) is 13.8 Å². The lowest BCUT2D eigenvalue weighted by Gasteiger charge is -2.21. The second-order valence-electron chi connectivity index (χ2n) is 3.79. The second-order valence-corrected chi connectivity index (χ2v) is 3.79. The lowest BCUT2D eigenvalue weighted by Crippen LogP contribution is -2.29. The van der Waals surface area contributed by atoms with Crippen LogP contribution in [0, 0.1) is 0 Å². The van der Waals surface area contributed by atoms with Crippen LogP contribution in [0.2, 0.25) is 0 Å². The Morgan fingerprint density at radius 3 is 2.54 bits per heavy atom. The molecule has 4 heteroatoms. The quantitative estimate of drug-likeness (QED) is 0.602. The summed E-state index contributed by atoms with van der Waals surface area (Å²) in [5, 5.41) is 9.46. The number of ether oxygens (including phenoxy) is 3. The largest absolute Gasteiger partial charge is 0.366 e. The molecule has 2 fully saturated rings. The number of hydrogen-bond acceptors (Lipinski definition) is 4. The van der Waals surface area contributed by atoms with E-state index in [2.05, 4.69) is 6.58 Å². The van der Waals surface area contributed by atoms with Gasteiger partial charge in [-0.15, -0.1) is 6.58 Å². The van der Waals surface area contributed by atoms with Crippen molar-refractivity contribution in [2.24, 2.45) is 0 Å². The summed E-state index contributed by atoms with van der Waals surface area (Å²) < 4.78 is 16.2. The van der Waals surface area contributed by atoms with Gasteiger partial charge in [-0.3, -0.25) is 0 Å². The van der Waals surface area contributed by atoms with E-state index in [0.29, 0.717) is 0 Å². The highest BCUT2D eigenvalue weighted by Gasteiger charge is 2.53. The molecule has 0 bridgehead atoms. The van der Waals surface area contributed by atoms with Crippen molar-refractivity contribution in [2.75, 3.05) is 0 Å². The first-order valence-electron chi connectivity index (χ1n) is 4.35. The van der Waals surface area contributed by atoms with Gasteiger partial charge in [-0.1, -0.05) is 6.08 Å². The van der Waals surface area contributed by atoms with E-state index in [0.717, 1.165) is 0 Å². The van der Waals surface area contributed by atoms with E-state index in [1.54, 1.807) is 6.08 Å². The zero-order valence-corrected chi connectivity index (χ0v) is 7.77. The predicted octanol–water partition coefficient (Wildman–Crippen LogP) is 0.410. The van der Waals surface area contributed by atoms with Gasteiger partial charge in [0.05, 0.1) is 0 Å². The van der Waals surface area contributed by atoms with Crippen molar-refractivity contribution in [2.45, 2.75) is 44.2 Å². The highest BCUT2D eigenvalue weighted by atomic mass is 16.8. The van der Waals surface area contributed by atoms with Crippen molar-refractivity contribution in [3.05, 3.63) is 12.7 Å². The molecule has 0 aromatic rings. The van der Waals surface area contributed by atoms with Crippen LogP contribution in [0.3, 0.4) is 0 Å². The number of fused-ring (bicyclic) bond motifs is 1. The van der Waals surface area contributed by atoms with Gasteiger partial charge in [-0.2, -0.15) is 0 Å². The van der Waals surface area contributed by atoms with Crippen LogP contribution in [-0.4, -0.2) is 35.5 Å². The molecule has 0 unspecified atom stereocenters. The second kappa shape index (κ2) is 2.78. The van der Waals surface area contributed by atoms with Crippen LogP contribution < -0.4 is 0 Å². The molecular formula is C9H14O4. The van der Waals surface area contributed by atoms with Crippen LogP contribution in [0.4, 0.5) is 0 Å². The van der Waals surface area contributed by atoms with E-state index in [-0.39, 0.29) is 12.2 Å². The Morgan fingerprint density at radius 2 is 1.92 bits per heavy atom. The number of rotatable bonds is 1. The van der Waals surface area contributed by atoms with E-state index in [4.69, 9.17) is 14.2 Å². The summed E-state index contributed by atoms with van der Waals surface area (Å²) in [7, 11) is 0. The molecule has 0 spiro atoms. The van der Waals surface area contributed by atoms with Gasteiger partial charge >= 0.3 is 0 Å². The molecule has 74 valence electrons. The molecule has 2 aliphatic heterocycles. The van der Waals surface area contributed by atoms with E-state index in [1.807, 2.05) is 13.8 Å². The van der Waals surface area contributed by atoms with Gasteiger partial charge in [0.25, 0.3) is 0 Å². The van der Waals surface area contributed by atoms with E-state index >= 15 is 0 Å². The van der Waals surface area contributed by atoms with Crippen LogP contribution in [-0.2, 0) is 14.2 Å². The molecule has 0 aliphatic carbocycles. The van der Waals surface area contributed by atoms with E-state index in [9.17, 15) is 5.11 Å². The summed E-state index contributed by atoms with van der Waals surface area (Å²) in [5.74, 6) is -0.638. The number of aliphatic hydroxyl groups is 1. The lowest BCUT2D eigenvalue weighted by atomic mass is 10.1. The molecule has 13 heavy (non-hydrogen) atoms. The molecule has 2 heterocycles. The zero-order valence-electron chi connectivity index (χ0n) is 7.77. The molecule has 4 nitrogen and oxygen atoms in total. The average Bonchev–Trinajstić information content (AvgIpc) is 2.47. The van der Waals surface area contributed by atoms with Gasteiger partial charge in [0.15, 0.2) is 12.1 Å². The molecule has 0 radical (unpaired) electrons. The van der Waals surface area contributed by atoms with E-state index < -0.39 is 18.2 Å². The van der Waals surface area contributed by atoms with Gasteiger partial charge in [0.1, 0.15) is 18.3 Å². The molecule has 0 aromatic carbocycles. The summed E-state index contributed by atoms with van der Waals surface area (Å²) in [6, 6.07) is 0. The minimum Gasteiger partial charge on any atom is -0.366 e. The monoisotopic (exact) mass is 186 g/mol. The highest BCUT2D eigenvalue weighted by Crippen LogP contribution is 2.37. The predicted molar refractivity (Wildman–Crippen MR) is 44.9 cm³/mol. The Hall–Kier alpha value is -0.420. The van der Waals surface area contributed by atoms with Crippen LogP contribution in [0.25, 0.3) is 0 Å². The normalized spacial score (nSPS) is 47.6.